The molecule has 4 rings (SSSR count). The van der Waals surface area contributed by atoms with Gasteiger partial charge in [-0.2, -0.15) is 4.39 Å². The highest BCUT2D eigenvalue weighted by atomic mass is 19.1. The van der Waals surface area contributed by atoms with Crippen LogP contribution in [0.3, 0.4) is 0 Å². The topological polar surface area (TPSA) is 60.4 Å². The number of aryl methyl sites for hydroxylation is 1. The Morgan fingerprint density at radius 1 is 1.24 bits per heavy atom. The summed E-state index contributed by atoms with van der Waals surface area (Å²) in [6.07, 6.45) is 10.3. The maximum absolute atomic E-state index is 14.2. The van der Waals surface area contributed by atoms with Gasteiger partial charge in [0.05, 0.1) is 11.4 Å². The average molecular weight is 336 g/mol. The molecule has 3 aromatic heterocycles. The van der Waals surface area contributed by atoms with Crippen LogP contribution in [-0.2, 0) is 6.42 Å². The van der Waals surface area contributed by atoms with Gasteiger partial charge in [0.15, 0.2) is 0 Å². The van der Waals surface area contributed by atoms with E-state index in [1.54, 1.807) is 6.08 Å². The van der Waals surface area contributed by atoms with Crippen LogP contribution in [0.5, 0.6) is 0 Å². The van der Waals surface area contributed by atoms with Crippen LogP contribution in [0, 0.1) is 6.92 Å². The molecule has 0 fully saturated rings. The highest BCUT2D eigenvalue weighted by Crippen LogP contribution is 2.26. The van der Waals surface area contributed by atoms with Gasteiger partial charge in [-0.15, -0.1) is 5.10 Å². The second-order valence-corrected chi connectivity index (χ2v) is 5.85. The van der Waals surface area contributed by atoms with Crippen LogP contribution >= 0.6 is 0 Å². The molecule has 25 heavy (non-hydrogen) atoms. The Morgan fingerprint density at radius 3 is 2.96 bits per heavy atom. The number of aliphatic imine (C=N–C) groups is 1. The molecule has 0 radical (unpaired) electrons. The van der Waals surface area contributed by atoms with Gasteiger partial charge in [0.1, 0.15) is 17.0 Å². The molecule has 0 bridgehead atoms. The van der Waals surface area contributed by atoms with Gasteiger partial charge in [-0.3, -0.25) is 0 Å². The number of halogens is 1. The summed E-state index contributed by atoms with van der Waals surface area (Å²) in [5.41, 5.74) is 4.70. The van der Waals surface area contributed by atoms with Gasteiger partial charge in [0.25, 0.3) is 0 Å². The molecule has 7 heteroatoms. The van der Waals surface area contributed by atoms with Crippen molar-refractivity contribution in [2.75, 3.05) is 0 Å². The monoisotopic (exact) mass is 336 g/mol. The highest BCUT2D eigenvalue weighted by Gasteiger charge is 2.17. The van der Waals surface area contributed by atoms with Crippen molar-refractivity contribution in [1.29, 1.82) is 0 Å². The highest BCUT2D eigenvalue weighted by molar-refractivity contribution is 5.75. The molecule has 126 valence electrons. The molecule has 0 unspecified atom stereocenters. The zero-order valence-corrected chi connectivity index (χ0v) is 14.0. The summed E-state index contributed by atoms with van der Waals surface area (Å²) in [6.45, 7) is 3.95. The lowest BCUT2D eigenvalue weighted by Gasteiger charge is -2.06. The Hall–Kier alpha value is -3.09. The van der Waals surface area contributed by atoms with Crippen molar-refractivity contribution in [2.24, 2.45) is 4.99 Å². The number of hydrogen-bond donors (Lipinski definition) is 0. The Labute approximate surface area is 144 Å². The molecule has 0 saturated carbocycles. The summed E-state index contributed by atoms with van der Waals surface area (Å²) < 4.78 is 17.7. The van der Waals surface area contributed by atoms with Crippen molar-refractivity contribution in [1.82, 2.24) is 24.4 Å². The molecule has 1 aliphatic rings. The van der Waals surface area contributed by atoms with E-state index in [0.717, 1.165) is 29.0 Å². The van der Waals surface area contributed by atoms with Crippen molar-refractivity contribution >= 4 is 17.6 Å². The SMILES string of the molecule is CCc1cn2cc(-c3nnn(C4=C(F)N=CC=CC4)c3C)ccc2n1. The van der Waals surface area contributed by atoms with Crippen LogP contribution in [0.4, 0.5) is 4.39 Å². The smallest absolute Gasteiger partial charge is 0.234 e. The summed E-state index contributed by atoms with van der Waals surface area (Å²) in [6, 6.07) is 3.91. The molecule has 4 heterocycles. The summed E-state index contributed by atoms with van der Waals surface area (Å²) in [5, 5.41) is 8.41. The third kappa shape index (κ3) is 2.67. The van der Waals surface area contributed by atoms with Crippen LogP contribution in [0.25, 0.3) is 22.6 Å². The van der Waals surface area contributed by atoms with E-state index in [2.05, 4.69) is 27.2 Å². The van der Waals surface area contributed by atoms with Crippen LogP contribution in [0.15, 0.2) is 47.6 Å². The molecule has 6 nitrogen and oxygen atoms in total. The number of hydrogen-bond acceptors (Lipinski definition) is 4. The summed E-state index contributed by atoms with van der Waals surface area (Å²) in [7, 11) is 0. The average Bonchev–Trinajstić information content (AvgIpc) is 3.13. The number of fused-ring (bicyclic) bond motifs is 1. The number of allylic oxidation sites excluding steroid dienone is 3. The minimum atomic E-state index is -0.540. The molecule has 3 aromatic rings. The van der Waals surface area contributed by atoms with Crippen LogP contribution in [0.2, 0.25) is 0 Å². The second kappa shape index (κ2) is 6.08. The second-order valence-electron chi connectivity index (χ2n) is 5.85. The lowest BCUT2D eigenvalue weighted by Crippen LogP contribution is -2.03. The molecular formula is C18H17FN6. The quantitative estimate of drug-likeness (QED) is 0.687. The van der Waals surface area contributed by atoms with Crippen molar-refractivity contribution in [3.05, 3.63) is 54.0 Å². The third-order valence-corrected chi connectivity index (χ3v) is 4.25. The summed E-state index contributed by atoms with van der Waals surface area (Å²) in [4.78, 5) is 8.29. The maximum Gasteiger partial charge on any atom is 0.234 e. The van der Waals surface area contributed by atoms with Crippen molar-refractivity contribution in [3.63, 3.8) is 0 Å². The fourth-order valence-corrected chi connectivity index (χ4v) is 2.89. The molecule has 0 spiro atoms. The van der Waals surface area contributed by atoms with E-state index in [1.807, 2.05) is 41.9 Å². The van der Waals surface area contributed by atoms with Gasteiger partial charge in [0.2, 0.25) is 5.95 Å². The molecule has 0 aliphatic carbocycles. The third-order valence-electron chi connectivity index (χ3n) is 4.25. The van der Waals surface area contributed by atoms with Gasteiger partial charge in [0, 0.05) is 30.6 Å². The fourth-order valence-electron chi connectivity index (χ4n) is 2.89. The van der Waals surface area contributed by atoms with Gasteiger partial charge in [-0.05, 0) is 31.6 Å². The molecule has 0 aromatic carbocycles. The first-order valence-electron chi connectivity index (χ1n) is 8.16. The van der Waals surface area contributed by atoms with Gasteiger partial charge in [-0.25, -0.2) is 14.7 Å². The van der Waals surface area contributed by atoms with E-state index < -0.39 is 5.95 Å². The van der Waals surface area contributed by atoms with Crippen molar-refractivity contribution in [3.8, 4) is 11.3 Å². The molecule has 0 amide bonds. The Morgan fingerprint density at radius 2 is 2.12 bits per heavy atom. The first-order valence-corrected chi connectivity index (χ1v) is 8.16. The predicted molar refractivity (Wildman–Crippen MR) is 94.9 cm³/mol. The van der Waals surface area contributed by atoms with Crippen LogP contribution in [0.1, 0.15) is 24.7 Å². The van der Waals surface area contributed by atoms with E-state index in [9.17, 15) is 4.39 Å². The zero-order chi connectivity index (χ0) is 17.4. The molecule has 1 aliphatic heterocycles. The summed E-state index contributed by atoms with van der Waals surface area (Å²) >= 11 is 0. The van der Waals surface area contributed by atoms with Crippen LogP contribution < -0.4 is 0 Å². The number of pyridine rings is 1. The standard InChI is InChI=1S/C18H17FN6/c1-3-14-11-24-10-13(7-8-16(24)21-14)17-12(2)25(23-22-17)15-6-4-5-9-20-18(15)19/h4-5,7-11H,3,6H2,1-2H3. The largest absolute Gasteiger partial charge is 0.306 e. The first kappa shape index (κ1) is 15.4. The Balaban J connectivity index is 1.78. The van der Waals surface area contributed by atoms with Crippen molar-refractivity contribution < 1.29 is 4.39 Å². The summed E-state index contributed by atoms with van der Waals surface area (Å²) in [5.74, 6) is -0.540. The predicted octanol–water partition coefficient (Wildman–Crippen LogP) is 3.59. The van der Waals surface area contributed by atoms with Gasteiger partial charge >= 0.3 is 0 Å². The van der Waals surface area contributed by atoms with Gasteiger partial charge in [-0.1, -0.05) is 18.2 Å². The van der Waals surface area contributed by atoms with Crippen LogP contribution in [-0.4, -0.2) is 30.6 Å². The van der Waals surface area contributed by atoms with E-state index in [4.69, 9.17) is 0 Å². The normalized spacial score (nSPS) is 14.5. The maximum atomic E-state index is 14.2. The first-order chi connectivity index (χ1) is 12.2. The molecular weight excluding hydrogens is 319 g/mol. The van der Waals surface area contributed by atoms with Gasteiger partial charge < -0.3 is 4.40 Å². The molecule has 0 N–H and O–H groups in total. The number of aromatic nitrogens is 5. The minimum Gasteiger partial charge on any atom is -0.306 e. The Bertz CT molecular complexity index is 1040. The number of rotatable bonds is 3. The molecule has 0 atom stereocenters. The Kier molecular flexibility index (Phi) is 3.76. The van der Waals surface area contributed by atoms with Crippen molar-refractivity contribution in [2.45, 2.75) is 26.7 Å². The molecule has 0 saturated heterocycles. The lowest BCUT2D eigenvalue weighted by molar-refractivity contribution is 0.613. The number of nitrogens with zero attached hydrogens (tertiary/aromatic N) is 6. The van der Waals surface area contributed by atoms with E-state index in [0.29, 0.717) is 17.8 Å². The lowest BCUT2D eigenvalue weighted by atomic mass is 10.1. The van der Waals surface area contributed by atoms with E-state index >= 15 is 0 Å². The van der Waals surface area contributed by atoms with E-state index in [-0.39, 0.29) is 0 Å². The fraction of sp³-hybridized carbons (Fsp3) is 0.222. The minimum absolute atomic E-state index is 0.387. The zero-order valence-electron chi connectivity index (χ0n) is 14.0. The van der Waals surface area contributed by atoms with E-state index in [1.165, 1.54) is 10.9 Å². The number of imidazole rings is 1.